The predicted molar refractivity (Wildman–Crippen MR) is 123 cm³/mol. The van der Waals surface area contributed by atoms with E-state index in [1.165, 1.54) is 0 Å². The Labute approximate surface area is 189 Å². The molecule has 32 heavy (non-hydrogen) atoms. The van der Waals surface area contributed by atoms with E-state index in [1.54, 1.807) is 20.2 Å². The first kappa shape index (κ1) is 21.8. The minimum absolute atomic E-state index is 0.0565. The molecule has 3 aromatic rings. The summed E-state index contributed by atoms with van der Waals surface area (Å²) in [5.74, 6) is 1.75. The lowest BCUT2D eigenvalue weighted by atomic mass is 10.0. The van der Waals surface area contributed by atoms with Crippen LogP contribution in [0.25, 0.3) is 0 Å². The summed E-state index contributed by atoms with van der Waals surface area (Å²) >= 11 is 0. The highest BCUT2D eigenvalue weighted by Crippen LogP contribution is 2.33. The molecule has 0 radical (unpaired) electrons. The normalized spacial score (nSPS) is 16.6. The number of rotatable bonds is 7. The van der Waals surface area contributed by atoms with Gasteiger partial charge in [0.2, 0.25) is 5.91 Å². The Morgan fingerprint density at radius 2 is 1.75 bits per heavy atom. The first-order valence-corrected chi connectivity index (χ1v) is 10.9. The average Bonchev–Trinajstić information content (AvgIpc) is 2.84. The molecule has 0 saturated carbocycles. The van der Waals surface area contributed by atoms with E-state index in [-0.39, 0.29) is 11.9 Å². The second-order valence-electron chi connectivity index (χ2n) is 7.92. The third-order valence-electron chi connectivity index (χ3n) is 5.84. The van der Waals surface area contributed by atoms with Gasteiger partial charge in [0, 0.05) is 50.4 Å². The molecule has 1 aromatic heterocycles. The molecule has 1 aliphatic heterocycles. The van der Waals surface area contributed by atoms with Gasteiger partial charge in [0.15, 0.2) is 0 Å². The Balaban J connectivity index is 1.51. The maximum Gasteiger partial charge on any atom is 0.220 e. The maximum atomic E-state index is 12.4. The smallest absolute Gasteiger partial charge is 0.220 e. The molecule has 0 aliphatic carbocycles. The summed E-state index contributed by atoms with van der Waals surface area (Å²) in [6.45, 7) is 5.03. The molecule has 2 aromatic carbocycles. The Morgan fingerprint density at radius 1 is 1.00 bits per heavy atom. The molecule has 0 bridgehead atoms. The number of hydrogen-bond donors (Lipinski definition) is 0. The number of carbonyl (C=O) groups excluding carboxylic acids is 1. The number of methoxy groups -OCH3 is 1. The molecule has 1 unspecified atom stereocenters. The fraction of sp³-hybridized carbons (Fsp3) is 0.308. The average molecular weight is 432 g/mol. The van der Waals surface area contributed by atoms with Crippen LogP contribution < -0.4 is 9.47 Å². The standard InChI is InChI=1S/C26H29N3O3/c1-20(30)29-16-15-28(18-24(29)23-11-4-6-13-26(23)31-2)17-21-9-3-5-12-25(21)32-19-22-10-7-8-14-27-22/h3-14,24H,15-19H2,1-2H3. The van der Waals surface area contributed by atoms with Crippen molar-refractivity contribution in [3.05, 3.63) is 89.7 Å². The van der Waals surface area contributed by atoms with Crippen LogP contribution in [0.2, 0.25) is 0 Å². The molecule has 0 spiro atoms. The van der Waals surface area contributed by atoms with E-state index in [0.29, 0.717) is 13.2 Å². The monoisotopic (exact) mass is 431 g/mol. The van der Waals surface area contributed by atoms with Crippen LogP contribution in [-0.4, -0.2) is 47.4 Å². The van der Waals surface area contributed by atoms with Gasteiger partial charge < -0.3 is 14.4 Å². The number of hydrogen-bond acceptors (Lipinski definition) is 5. The van der Waals surface area contributed by atoms with Crippen LogP contribution in [0.15, 0.2) is 72.9 Å². The van der Waals surface area contributed by atoms with Crippen LogP contribution >= 0.6 is 0 Å². The van der Waals surface area contributed by atoms with Gasteiger partial charge in [-0.2, -0.15) is 0 Å². The van der Waals surface area contributed by atoms with Crippen LogP contribution in [0.5, 0.6) is 11.5 Å². The highest BCUT2D eigenvalue weighted by molar-refractivity contribution is 5.74. The van der Waals surface area contributed by atoms with E-state index in [0.717, 1.165) is 48.0 Å². The van der Waals surface area contributed by atoms with E-state index in [2.05, 4.69) is 16.0 Å². The van der Waals surface area contributed by atoms with E-state index in [1.807, 2.05) is 65.6 Å². The summed E-state index contributed by atoms with van der Waals surface area (Å²) < 4.78 is 11.7. The summed E-state index contributed by atoms with van der Waals surface area (Å²) in [5, 5.41) is 0. The van der Waals surface area contributed by atoms with Crippen LogP contribution in [0.3, 0.4) is 0 Å². The van der Waals surface area contributed by atoms with Crippen molar-refractivity contribution in [3.63, 3.8) is 0 Å². The minimum atomic E-state index is -0.0565. The Hall–Kier alpha value is -3.38. The minimum Gasteiger partial charge on any atom is -0.496 e. The van der Waals surface area contributed by atoms with Crippen molar-refractivity contribution in [2.24, 2.45) is 0 Å². The summed E-state index contributed by atoms with van der Waals surface area (Å²) in [5.41, 5.74) is 3.06. The first-order valence-electron chi connectivity index (χ1n) is 10.9. The molecule has 6 heteroatoms. The third-order valence-corrected chi connectivity index (χ3v) is 5.84. The SMILES string of the molecule is COc1ccccc1C1CN(Cc2ccccc2OCc2ccccn2)CCN1C(C)=O. The lowest BCUT2D eigenvalue weighted by Gasteiger charge is -2.41. The maximum absolute atomic E-state index is 12.4. The quantitative estimate of drug-likeness (QED) is 0.564. The Bertz CT molecular complexity index is 1040. The van der Waals surface area contributed by atoms with Crippen molar-refractivity contribution in [2.45, 2.75) is 26.1 Å². The van der Waals surface area contributed by atoms with Crippen molar-refractivity contribution in [3.8, 4) is 11.5 Å². The zero-order valence-corrected chi connectivity index (χ0v) is 18.6. The van der Waals surface area contributed by atoms with Gasteiger partial charge in [0.05, 0.1) is 18.8 Å². The number of aromatic nitrogens is 1. The number of ether oxygens (including phenoxy) is 2. The summed E-state index contributed by atoms with van der Waals surface area (Å²) in [4.78, 5) is 21.0. The van der Waals surface area contributed by atoms with Crippen LogP contribution in [-0.2, 0) is 17.9 Å². The molecule has 1 fully saturated rings. The van der Waals surface area contributed by atoms with Crippen molar-refractivity contribution in [1.29, 1.82) is 0 Å². The second-order valence-corrected chi connectivity index (χ2v) is 7.92. The number of amides is 1. The van der Waals surface area contributed by atoms with Gasteiger partial charge in [-0.05, 0) is 24.3 Å². The van der Waals surface area contributed by atoms with Gasteiger partial charge in [0.1, 0.15) is 18.1 Å². The van der Waals surface area contributed by atoms with E-state index in [9.17, 15) is 4.79 Å². The van der Waals surface area contributed by atoms with Gasteiger partial charge in [-0.1, -0.05) is 42.5 Å². The molecule has 1 amide bonds. The molecule has 1 atom stereocenters. The number of carbonyl (C=O) groups is 1. The van der Waals surface area contributed by atoms with Crippen LogP contribution in [0, 0.1) is 0 Å². The second kappa shape index (κ2) is 10.3. The van der Waals surface area contributed by atoms with Crippen molar-refractivity contribution in [2.75, 3.05) is 26.7 Å². The summed E-state index contributed by atoms with van der Waals surface area (Å²) in [6, 6.07) is 21.8. The van der Waals surface area contributed by atoms with Gasteiger partial charge in [-0.25, -0.2) is 0 Å². The summed E-state index contributed by atoms with van der Waals surface area (Å²) in [7, 11) is 1.67. The molecule has 1 saturated heterocycles. The molecule has 6 nitrogen and oxygen atoms in total. The molecule has 166 valence electrons. The highest BCUT2D eigenvalue weighted by atomic mass is 16.5. The van der Waals surface area contributed by atoms with Gasteiger partial charge in [0.25, 0.3) is 0 Å². The molecule has 1 aliphatic rings. The number of piperazine rings is 1. The van der Waals surface area contributed by atoms with Crippen LogP contribution in [0.1, 0.15) is 29.8 Å². The zero-order chi connectivity index (χ0) is 22.3. The van der Waals surface area contributed by atoms with Crippen LogP contribution in [0.4, 0.5) is 0 Å². The van der Waals surface area contributed by atoms with Crippen molar-refractivity contribution >= 4 is 5.91 Å². The van der Waals surface area contributed by atoms with E-state index >= 15 is 0 Å². The van der Waals surface area contributed by atoms with Crippen molar-refractivity contribution in [1.82, 2.24) is 14.8 Å². The fourth-order valence-corrected chi connectivity index (χ4v) is 4.22. The van der Waals surface area contributed by atoms with Crippen molar-refractivity contribution < 1.29 is 14.3 Å². The van der Waals surface area contributed by atoms with E-state index < -0.39 is 0 Å². The Kier molecular flexibility index (Phi) is 7.02. The number of para-hydroxylation sites is 2. The molecule has 2 heterocycles. The molecular weight excluding hydrogens is 402 g/mol. The number of benzene rings is 2. The zero-order valence-electron chi connectivity index (χ0n) is 18.6. The van der Waals surface area contributed by atoms with Gasteiger partial charge >= 0.3 is 0 Å². The molecular formula is C26H29N3O3. The molecule has 4 rings (SSSR count). The van der Waals surface area contributed by atoms with Gasteiger partial charge in [-0.3, -0.25) is 14.7 Å². The third kappa shape index (κ3) is 5.08. The highest BCUT2D eigenvalue weighted by Gasteiger charge is 2.31. The van der Waals surface area contributed by atoms with Gasteiger partial charge in [-0.15, -0.1) is 0 Å². The fourth-order valence-electron chi connectivity index (χ4n) is 4.22. The number of pyridine rings is 1. The largest absolute Gasteiger partial charge is 0.496 e. The lowest BCUT2D eigenvalue weighted by Crippen LogP contribution is -2.49. The topological polar surface area (TPSA) is 54.9 Å². The molecule has 0 N–H and O–H groups in total. The predicted octanol–water partition coefficient (Wildman–Crippen LogP) is 4.07. The Morgan fingerprint density at radius 3 is 2.50 bits per heavy atom. The first-order chi connectivity index (χ1) is 15.7. The summed E-state index contributed by atoms with van der Waals surface area (Å²) in [6.07, 6.45) is 1.77. The number of nitrogens with zero attached hydrogens (tertiary/aromatic N) is 3. The van der Waals surface area contributed by atoms with E-state index in [4.69, 9.17) is 9.47 Å². The lowest BCUT2D eigenvalue weighted by molar-refractivity contribution is -0.134.